The zero-order chi connectivity index (χ0) is 11.5. The van der Waals surface area contributed by atoms with E-state index < -0.39 is 10.8 Å². The molecule has 0 fully saturated rings. The number of hydrogen-bond donors (Lipinski definition) is 0. The molecule has 1 aromatic heterocycles. The quantitative estimate of drug-likeness (QED) is 0.873. The fourth-order valence-corrected chi connectivity index (χ4v) is 3.46. The maximum absolute atomic E-state index is 11.9. The third kappa shape index (κ3) is 2.79. The highest BCUT2D eigenvalue weighted by Crippen LogP contribution is 2.21. The van der Waals surface area contributed by atoms with Crippen LogP contribution in [0.3, 0.4) is 0 Å². The molecule has 0 amide bonds. The first-order valence-electron chi connectivity index (χ1n) is 4.28. The van der Waals surface area contributed by atoms with Gasteiger partial charge >= 0.3 is 0 Å². The molecule has 2 rings (SSSR count). The minimum Gasteiger partial charge on any atom is -0.251 e. The Labute approximate surface area is 109 Å². The molecule has 0 saturated heterocycles. The van der Waals surface area contributed by atoms with Crippen LogP contribution in [0.4, 0.5) is 0 Å². The lowest BCUT2D eigenvalue weighted by molar-refractivity contribution is 0.682. The fourth-order valence-electron chi connectivity index (χ4n) is 1.10. The molecule has 0 aliphatic heterocycles. The van der Waals surface area contributed by atoms with Gasteiger partial charge in [-0.25, -0.2) is 0 Å². The molecule has 0 aliphatic carbocycles. The van der Waals surface area contributed by atoms with Crippen LogP contribution in [0, 0.1) is 0 Å². The predicted octanol–water partition coefficient (Wildman–Crippen LogP) is 3.15. The average molecular weight is 293 g/mol. The Kier molecular flexibility index (Phi) is 3.91. The molecule has 2 aromatic rings. The van der Waals surface area contributed by atoms with Gasteiger partial charge in [0.15, 0.2) is 0 Å². The van der Waals surface area contributed by atoms with Crippen molar-refractivity contribution in [2.45, 2.75) is 10.1 Å². The Balaban J connectivity index is 2.17. The van der Waals surface area contributed by atoms with Crippen LogP contribution < -0.4 is 0 Å². The molecular weight excluding hydrogens is 287 g/mol. The van der Waals surface area contributed by atoms with Crippen molar-refractivity contribution in [3.05, 3.63) is 40.1 Å². The standard InChI is InChI=1S/C9H6Cl2N2OS2/c10-7-4-2-1-3-6(7)5-16(14)9-12-8(11)13-15-9/h1-4H,5H2/t16-/m1/s1. The second-order valence-corrected chi connectivity index (χ2v) is 6.03. The third-order valence-corrected chi connectivity index (χ3v) is 4.81. The first-order chi connectivity index (χ1) is 7.66. The van der Waals surface area contributed by atoms with Crippen LogP contribution in [0.2, 0.25) is 10.3 Å². The number of aromatic nitrogens is 2. The van der Waals surface area contributed by atoms with Gasteiger partial charge in [-0.05, 0) is 34.8 Å². The largest absolute Gasteiger partial charge is 0.251 e. The van der Waals surface area contributed by atoms with Crippen molar-refractivity contribution in [3.63, 3.8) is 0 Å². The molecule has 1 aromatic carbocycles. The van der Waals surface area contributed by atoms with Crippen LogP contribution in [0.1, 0.15) is 5.56 Å². The summed E-state index contributed by atoms with van der Waals surface area (Å²) < 4.78 is 16.1. The van der Waals surface area contributed by atoms with E-state index in [9.17, 15) is 4.21 Å². The number of benzene rings is 1. The molecule has 7 heteroatoms. The minimum absolute atomic E-state index is 0.132. The van der Waals surface area contributed by atoms with Crippen molar-refractivity contribution in [3.8, 4) is 0 Å². The second-order valence-electron chi connectivity index (χ2n) is 2.91. The minimum atomic E-state index is -1.25. The van der Waals surface area contributed by atoms with Crippen LogP contribution in [0.25, 0.3) is 0 Å². The fraction of sp³-hybridized carbons (Fsp3) is 0.111. The van der Waals surface area contributed by atoms with Crippen LogP contribution >= 0.6 is 34.7 Å². The SMILES string of the molecule is O=[S@](Cc1ccccc1Cl)c1nc(Cl)ns1. The van der Waals surface area contributed by atoms with E-state index in [-0.39, 0.29) is 5.28 Å². The van der Waals surface area contributed by atoms with Gasteiger partial charge in [0, 0.05) is 5.02 Å². The molecule has 0 spiro atoms. The molecule has 16 heavy (non-hydrogen) atoms. The summed E-state index contributed by atoms with van der Waals surface area (Å²) in [7, 11) is -1.25. The van der Waals surface area contributed by atoms with Gasteiger partial charge in [0.25, 0.3) is 0 Å². The molecule has 84 valence electrons. The van der Waals surface area contributed by atoms with Gasteiger partial charge in [-0.3, -0.25) is 4.21 Å². The first kappa shape index (κ1) is 12.0. The highest BCUT2D eigenvalue weighted by atomic mass is 35.5. The zero-order valence-electron chi connectivity index (χ0n) is 7.89. The van der Waals surface area contributed by atoms with E-state index in [2.05, 4.69) is 9.36 Å². The van der Waals surface area contributed by atoms with E-state index in [4.69, 9.17) is 23.2 Å². The Morgan fingerprint density at radius 1 is 1.31 bits per heavy atom. The van der Waals surface area contributed by atoms with Gasteiger partial charge in [0.05, 0.1) is 16.6 Å². The van der Waals surface area contributed by atoms with E-state index in [0.717, 1.165) is 17.1 Å². The molecule has 0 saturated carbocycles. The first-order valence-corrected chi connectivity index (χ1v) is 7.12. The van der Waals surface area contributed by atoms with Gasteiger partial charge in [-0.15, -0.1) is 0 Å². The Morgan fingerprint density at radius 3 is 2.69 bits per heavy atom. The maximum atomic E-state index is 11.9. The number of halogens is 2. The van der Waals surface area contributed by atoms with Crippen molar-refractivity contribution in [2.24, 2.45) is 0 Å². The van der Waals surface area contributed by atoms with Crippen LogP contribution in [-0.2, 0) is 16.6 Å². The molecule has 0 radical (unpaired) electrons. The lowest BCUT2D eigenvalue weighted by Gasteiger charge is -2.01. The zero-order valence-corrected chi connectivity index (χ0v) is 11.0. The van der Waals surface area contributed by atoms with Gasteiger partial charge in [0.1, 0.15) is 0 Å². The summed E-state index contributed by atoms with van der Waals surface area (Å²) in [6, 6.07) is 7.28. The van der Waals surface area contributed by atoms with Crippen molar-refractivity contribution < 1.29 is 4.21 Å². The van der Waals surface area contributed by atoms with Gasteiger partial charge in [-0.1, -0.05) is 29.8 Å². The normalized spacial score (nSPS) is 12.6. The van der Waals surface area contributed by atoms with Crippen molar-refractivity contribution in [1.82, 2.24) is 9.36 Å². The molecule has 1 atom stereocenters. The van der Waals surface area contributed by atoms with Crippen molar-refractivity contribution >= 4 is 45.5 Å². The summed E-state index contributed by atoms with van der Waals surface area (Å²) in [6.07, 6.45) is 0. The summed E-state index contributed by atoms with van der Waals surface area (Å²) in [5.41, 5.74) is 0.828. The van der Waals surface area contributed by atoms with E-state index in [0.29, 0.717) is 15.1 Å². The lowest BCUT2D eigenvalue weighted by atomic mass is 10.2. The Bertz CT molecular complexity index is 530. The van der Waals surface area contributed by atoms with Crippen LogP contribution in [0.5, 0.6) is 0 Å². The van der Waals surface area contributed by atoms with E-state index in [1.54, 1.807) is 6.07 Å². The Hall–Kier alpha value is -0.490. The molecule has 0 aliphatic rings. The molecule has 0 N–H and O–H groups in total. The average Bonchev–Trinajstić information content (AvgIpc) is 2.68. The van der Waals surface area contributed by atoms with Gasteiger partial charge in [-0.2, -0.15) is 9.36 Å². The van der Waals surface area contributed by atoms with Crippen molar-refractivity contribution in [1.29, 1.82) is 0 Å². The van der Waals surface area contributed by atoms with E-state index in [1.807, 2.05) is 18.2 Å². The highest BCUT2D eigenvalue weighted by molar-refractivity contribution is 7.86. The number of rotatable bonds is 3. The van der Waals surface area contributed by atoms with Crippen molar-refractivity contribution in [2.75, 3.05) is 0 Å². The smallest absolute Gasteiger partial charge is 0.235 e. The van der Waals surface area contributed by atoms with Gasteiger partial charge < -0.3 is 0 Å². The summed E-state index contributed by atoms with van der Waals surface area (Å²) in [4.78, 5) is 3.87. The summed E-state index contributed by atoms with van der Waals surface area (Å²) in [6.45, 7) is 0. The topological polar surface area (TPSA) is 42.9 Å². The second kappa shape index (κ2) is 5.23. The molecule has 0 unspecified atom stereocenters. The molecular formula is C9H6Cl2N2OS2. The molecule has 1 heterocycles. The monoisotopic (exact) mass is 292 g/mol. The summed E-state index contributed by atoms with van der Waals surface area (Å²) in [5, 5.41) is 0.735. The predicted molar refractivity (Wildman–Crippen MR) is 66.5 cm³/mol. The van der Waals surface area contributed by atoms with Crippen LogP contribution in [0.15, 0.2) is 28.6 Å². The summed E-state index contributed by atoms with van der Waals surface area (Å²) >= 11 is 12.6. The Morgan fingerprint density at radius 2 is 2.06 bits per heavy atom. The highest BCUT2D eigenvalue weighted by Gasteiger charge is 2.12. The van der Waals surface area contributed by atoms with Gasteiger partial charge in [0.2, 0.25) is 9.62 Å². The number of hydrogen-bond acceptors (Lipinski definition) is 4. The lowest BCUT2D eigenvalue weighted by Crippen LogP contribution is -1.96. The maximum Gasteiger partial charge on any atom is 0.235 e. The van der Waals surface area contributed by atoms with Crippen LogP contribution in [-0.4, -0.2) is 13.6 Å². The van der Waals surface area contributed by atoms with E-state index in [1.165, 1.54) is 0 Å². The third-order valence-electron chi connectivity index (χ3n) is 1.82. The molecule has 0 bridgehead atoms. The summed E-state index contributed by atoms with van der Waals surface area (Å²) in [5.74, 6) is 0.325. The number of nitrogens with zero attached hydrogens (tertiary/aromatic N) is 2. The van der Waals surface area contributed by atoms with E-state index >= 15 is 0 Å². The molecule has 3 nitrogen and oxygen atoms in total.